The lowest BCUT2D eigenvalue weighted by atomic mass is 9.92. The molecule has 0 bridgehead atoms. The highest BCUT2D eigenvalue weighted by atomic mass is 31.2. The summed E-state index contributed by atoms with van der Waals surface area (Å²) in [6.45, 7) is 11.2. The van der Waals surface area contributed by atoms with E-state index in [9.17, 15) is 0 Å². The van der Waals surface area contributed by atoms with Gasteiger partial charge in [0, 0.05) is 59.8 Å². The Morgan fingerprint density at radius 2 is 0.588 bits per heavy atom. The van der Waals surface area contributed by atoms with Gasteiger partial charge in [-0.2, -0.15) is 0 Å². The van der Waals surface area contributed by atoms with Crippen molar-refractivity contribution in [2.24, 2.45) is 0 Å². The van der Waals surface area contributed by atoms with Gasteiger partial charge in [-0.25, -0.2) is 0 Å². The molecule has 10 nitrogen and oxygen atoms in total. The molecule has 0 saturated carbocycles. The van der Waals surface area contributed by atoms with Crippen LogP contribution in [0.3, 0.4) is 0 Å². The molecule has 12 rings (SSSR count). The molecule has 0 amide bonds. The molecule has 414 valence electrons. The van der Waals surface area contributed by atoms with Gasteiger partial charge in [-0.3, -0.25) is 0 Å². The zero-order valence-corrected chi connectivity index (χ0v) is 48.2. The monoisotopic (exact) mass is 1110 g/mol. The molecule has 0 spiro atoms. The van der Waals surface area contributed by atoms with Crippen molar-refractivity contribution in [3.63, 3.8) is 0 Å². The molecule has 4 aliphatic rings. The zero-order valence-electron chi connectivity index (χ0n) is 46.5. The minimum Gasteiger partial charge on any atom is -0.408 e. The van der Waals surface area contributed by atoms with Crippen molar-refractivity contribution in [2.75, 3.05) is 26.4 Å². The van der Waals surface area contributed by atoms with Gasteiger partial charge in [0.25, 0.3) is 0 Å². The number of ether oxygens (including phenoxy) is 4. The van der Waals surface area contributed by atoms with E-state index in [1.54, 1.807) is 0 Å². The predicted octanol–water partition coefficient (Wildman–Crippen LogP) is 19.4. The Bertz CT molecular complexity index is 3070. The summed E-state index contributed by atoms with van der Waals surface area (Å²) in [5, 5.41) is 3.95. The molecule has 0 N–H and O–H groups in total. The van der Waals surface area contributed by atoms with E-state index in [4.69, 9.17) is 46.1 Å². The lowest BCUT2D eigenvalue weighted by Gasteiger charge is -2.29. The van der Waals surface area contributed by atoms with Crippen LogP contribution in [0.25, 0.3) is 32.7 Å². The smallest absolute Gasteiger partial charge is 0.408 e. The van der Waals surface area contributed by atoms with E-state index in [2.05, 4.69) is 137 Å². The topological polar surface area (TPSA) is 92.3 Å². The molecule has 4 fully saturated rings. The Labute approximate surface area is 473 Å². The van der Waals surface area contributed by atoms with Crippen molar-refractivity contribution in [3.8, 4) is 45.6 Å². The molecule has 0 aromatic heterocycles. The molecule has 4 aliphatic heterocycles. The number of aryl methyl sites for hydroxylation is 4. The number of fused-ring (bicyclic) bond motifs is 2. The third-order valence-corrected chi connectivity index (χ3v) is 17.9. The van der Waals surface area contributed by atoms with E-state index < -0.39 is 17.2 Å². The molecule has 0 aliphatic carbocycles. The second kappa shape index (κ2) is 25.3. The molecule has 8 aromatic carbocycles. The van der Waals surface area contributed by atoms with E-state index in [0.717, 1.165) is 154 Å². The second-order valence-corrected chi connectivity index (χ2v) is 23.9. The minimum absolute atomic E-state index is 0.121. The molecule has 0 radical (unpaired) electrons. The van der Waals surface area contributed by atoms with Crippen LogP contribution in [0.4, 0.5) is 0 Å². The quantitative estimate of drug-likeness (QED) is 0.0821. The van der Waals surface area contributed by atoms with Gasteiger partial charge >= 0.3 is 17.2 Å². The summed E-state index contributed by atoms with van der Waals surface area (Å²) in [7, 11) is -4.46. The lowest BCUT2D eigenvalue weighted by molar-refractivity contribution is 0.0135. The Kier molecular flexibility index (Phi) is 17.2. The predicted molar refractivity (Wildman–Crippen MR) is 319 cm³/mol. The van der Waals surface area contributed by atoms with E-state index >= 15 is 0 Å². The lowest BCUT2D eigenvalue weighted by Crippen LogP contribution is -2.15. The standard InChI is InChI=1S/C68H72O10P2/c1-45-25-31-61(53(41-45)57-21-9-13-37-69-57)73-79(74-62-32-26-46(2)42-54(62)58-22-10-14-38-70-58)77-65-35-29-49-17-5-7-19-51(49)67(65)68-52-20-8-6-18-50(52)30-36-66(68)78-80(75-63-33-27-47(3)43-55(63)59-23-11-15-39-71-59)76-64-34-28-48(4)44-56(64)60-24-12-16-40-72-60/h5-8,17-20,25-36,41-44,57-60H,9-16,21-24,37-40H2,1-4H3. The van der Waals surface area contributed by atoms with Crippen molar-refractivity contribution >= 4 is 38.7 Å². The summed E-state index contributed by atoms with van der Waals surface area (Å²) < 4.78 is 69.5. The fourth-order valence-electron chi connectivity index (χ4n) is 11.7. The van der Waals surface area contributed by atoms with Crippen molar-refractivity contribution in [1.29, 1.82) is 0 Å². The van der Waals surface area contributed by atoms with Gasteiger partial charge in [-0.1, -0.05) is 107 Å². The van der Waals surface area contributed by atoms with Crippen molar-refractivity contribution in [3.05, 3.63) is 190 Å². The second-order valence-electron chi connectivity index (χ2n) is 21.9. The molecule has 4 saturated heterocycles. The average molecular weight is 1110 g/mol. The number of rotatable bonds is 17. The van der Waals surface area contributed by atoms with Crippen LogP contribution in [0, 0.1) is 27.7 Å². The normalized spacial score (nSPS) is 20.4. The van der Waals surface area contributed by atoms with E-state index in [1.165, 1.54) is 0 Å². The third-order valence-electron chi connectivity index (χ3n) is 15.8. The Morgan fingerprint density at radius 3 is 0.875 bits per heavy atom. The Hall–Kier alpha value is -6.22. The van der Waals surface area contributed by atoms with Gasteiger partial charge in [0.15, 0.2) is 0 Å². The van der Waals surface area contributed by atoms with Crippen LogP contribution in [0.15, 0.2) is 146 Å². The number of benzene rings is 8. The summed E-state index contributed by atoms with van der Waals surface area (Å²) in [5.41, 5.74) is 10.1. The van der Waals surface area contributed by atoms with Crippen molar-refractivity contribution in [1.82, 2.24) is 0 Å². The highest BCUT2D eigenvalue weighted by molar-refractivity contribution is 7.43. The zero-order chi connectivity index (χ0) is 54.4. The number of hydrogen-bond donors (Lipinski definition) is 0. The summed E-state index contributed by atoms with van der Waals surface area (Å²) in [6.07, 6.45) is 11.5. The summed E-state index contributed by atoms with van der Waals surface area (Å²) in [6, 6.07) is 50.3. The molecule has 4 atom stereocenters. The first-order chi connectivity index (χ1) is 39.3. The molecular weight excluding hydrogens is 1040 g/mol. The van der Waals surface area contributed by atoms with Crippen LogP contribution in [-0.4, -0.2) is 26.4 Å². The largest absolute Gasteiger partial charge is 0.530 e. The van der Waals surface area contributed by atoms with Crippen LogP contribution in [0.1, 0.15) is 146 Å². The van der Waals surface area contributed by atoms with Crippen molar-refractivity contribution in [2.45, 2.75) is 129 Å². The van der Waals surface area contributed by atoms with Gasteiger partial charge in [0.1, 0.15) is 34.5 Å². The van der Waals surface area contributed by atoms with Gasteiger partial charge in [-0.05, 0) is 187 Å². The summed E-state index contributed by atoms with van der Waals surface area (Å²) in [4.78, 5) is 0. The third kappa shape index (κ3) is 12.5. The van der Waals surface area contributed by atoms with Gasteiger partial charge in [-0.15, -0.1) is 0 Å². The van der Waals surface area contributed by atoms with Gasteiger partial charge in [0.2, 0.25) is 0 Å². The van der Waals surface area contributed by atoms with E-state index in [-0.39, 0.29) is 24.4 Å². The molecule has 4 heterocycles. The van der Waals surface area contributed by atoms with Crippen molar-refractivity contribution < 1.29 is 46.1 Å². The van der Waals surface area contributed by atoms with Crippen LogP contribution in [0.2, 0.25) is 0 Å². The molecular formula is C68H72O10P2. The maximum absolute atomic E-state index is 7.45. The van der Waals surface area contributed by atoms with Crippen LogP contribution < -0.4 is 27.1 Å². The summed E-state index contributed by atoms with van der Waals surface area (Å²) >= 11 is 0. The SMILES string of the molecule is Cc1ccc(OP(Oc2ccc(C)cc2C2CCCCO2)Oc2ccc3ccccc3c2-c2c(OP(Oc3ccc(C)cc3C3CCCCO3)Oc3ccc(C)cc3C3CCCCO3)ccc3ccccc23)c(C2CCCCO2)c1. The Balaban J connectivity index is 1.00. The van der Waals surface area contributed by atoms with Gasteiger partial charge in [0.05, 0.1) is 24.4 Å². The first kappa shape index (κ1) is 54.4. The van der Waals surface area contributed by atoms with E-state index in [1.807, 2.05) is 36.4 Å². The number of hydrogen-bond acceptors (Lipinski definition) is 10. The van der Waals surface area contributed by atoms with Gasteiger partial charge < -0.3 is 46.1 Å². The summed E-state index contributed by atoms with van der Waals surface area (Å²) in [5.74, 6) is 3.76. The fourth-order valence-corrected chi connectivity index (χ4v) is 13.9. The van der Waals surface area contributed by atoms with Crippen LogP contribution in [-0.2, 0) is 18.9 Å². The minimum atomic E-state index is -2.23. The fraction of sp³-hybridized carbons (Fsp3) is 0.353. The highest BCUT2D eigenvalue weighted by Crippen LogP contribution is 2.56. The van der Waals surface area contributed by atoms with Crippen LogP contribution in [0.5, 0.6) is 34.5 Å². The molecule has 8 aromatic rings. The maximum atomic E-state index is 7.45. The average Bonchev–Trinajstić information content (AvgIpc) is 3.59. The molecule has 4 unspecified atom stereocenters. The highest BCUT2D eigenvalue weighted by Gasteiger charge is 2.34. The maximum Gasteiger partial charge on any atom is 0.530 e. The Morgan fingerprint density at radius 1 is 0.312 bits per heavy atom. The van der Waals surface area contributed by atoms with E-state index in [0.29, 0.717) is 60.9 Å². The molecule has 12 heteroatoms. The first-order valence-corrected chi connectivity index (χ1v) is 31.1. The first-order valence-electron chi connectivity index (χ1n) is 28.9. The molecule has 80 heavy (non-hydrogen) atoms. The van der Waals surface area contributed by atoms with Crippen LogP contribution >= 0.6 is 17.2 Å².